The summed E-state index contributed by atoms with van der Waals surface area (Å²) in [5.74, 6) is 0.282. The number of carbonyl (C=O) groups excluding carboxylic acids is 2. The van der Waals surface area contributed by atoms with Gasteiger partial charge in [-0.1, -0.05) is 46.3 Å². The number of allylic oxidation sites excluding steroid dienone is 1. The lowest BCUT2D eigenvalue weighted by molar-refractivity contribution is -0.120. The smallest absolute Gasteiger partial charge is 0.341 e. The van der Waals surface area contributed by atoms with Crippen molar-refractivity contribution < 1.29 is 14.3 Å². The minimum atomic E-state index is -0.852. The van der Waals surface area contributed by atoms with Crippen molar-refractivity contribution in [3.8, 4) is 5.75 Å². The van der Waals surface area contributed by atoms with Gasteiger partial charge in [-0.2, -0.15) is 0 Å². The van der Waals surface area contributed by atoms with E-state index in [1.165, 1.54) is 17.3 Å². The lowest BCUT2D eigenvalue weighted by Gasteiger charge is -2.19. The second kappa shape index (κ2) is 9.38. The van der Waals surface area contributed by atoms with Crippen LogP contribution in [0.15, 0.2) is 69.8 Å². The van der Waals surface area contributed by atoms with Crippen LogP contribution >= 0.6 is 15.9 Å². The maximum Gasteiger partial charge on any atom is 0.341 e. The number of fused-ring (bicyclic) bond motifs is 1. The van der Waals surface area contributed by atoms with Gasteiger partial charge in [-0.05, 0) is 35.5 Å². The molecule has 1 aliphatic rings. The Labute approximate surface area is 177 Å². The maximum absolute atomic E-state index is 12.7. The Kier molecular flexibility index (Phi) is 6.66. The summed E-state index contributed by atoms with van der Waals surface area (Å²) in [6, 6.07) is 13.6. The van der Waals surface area contributed by atoms with Crippen LogP contribution < -0.4 is 20.7 Å². The molecule has 3 rings (SSSR count). The number of nitrogens with one attached hydrogen (secondary N) is 1. The molecular weight excluding hydrogens is 436 g/mol. The summed E-state index contributed by atoms with van der Waals surface area (Å²) in [5, 5.41) is 2.60. The van der Waals surface area contributed by atoms with E-state index in [1.807, 2.05) is 36.4 Å². The molecule has 0 saturated carbocycles. The molecule has 0 aromatic heterocycles. The molecule has 0 bridgehead atoms. The van der Waals surface area contributed by atoms with E-state index in [4.69, 9.17) is 10.5 Å². The average molecular weight is 457 g/mol. The molecule has 0 spiro atoms. The van der Waals surface area contributed by atoms with Crippen LogP contribution in [-0.2, 0) is 11.2 Å². The van der Waals surface area contributed by atoms with Crippen molar-refractivity contribution in [2.45, 2.75) is 12.5 Å². The van der Waals surface area contributed by atoms with Crippen LogP contribution in [0, 0.1) is 0 Å². The topological polar surface area (TPSA) is 97.0 Å². The zero-order chi connectivity index (χ0) is 20.8. The molecule has 1 atom stereocenters. The zero-order valence-corrected chi connectivity index (χ0v) is 17.4. The number of urea groups is 1. The first-order valence-corrected chi connectivity index (χ1v) is 9.76. The average Bonchev–Trinajstić information content (AvgIpc) is 2.84. The number of anilines is 1. The monoisotopic (exact) mass is 456 g/mol. The summed E-state index contributed by atoms with van der Waals surface area (Å²) in [4.78, 5) is 30.3. The van der Waals surface area contributed by atoms with Crippen LogP contribution in [0.4, 0.5) is 10.5 Å². The summed E-state index contributed by atoms with van der Waals surface area (Å²) in [7, 11) is 1.64. The third-order valence-electron chi connectivity index (χ3n) is 4.43. The normalized spacial score (nSPS) is 16.9. The first-order chi connectivity index (χ1) is 14.0. The van der Waals surface area contributed by atoms with Crippen LogP contribution in [0.25, 0.3) is 0 Å². The number of benzene rings is 2. The molecule has 1 heterocycles. The zero-order valence-electron chi connectivity index (χ0n) is 15.8. The lowest BCUT2D eigenvalue weighted by atomic mass is 10.1. The van der Waals surface area contributed by atoms with Crippen LogP contribution in [0.3, 0.4) is 0 Å². The highest BCUT2D eigenvalue weighted by Gasteiger charge is 2.30. The largest absolute Gasteiger partial charge is 0.489 e. The van der Waals surface area contributed by atoms with Gasteiger partial charge in [0.2, 0.25) is 0 Å². The molecule has 150 valence electrons. The van der Waals surface area contributed by atoms with Gasteiger partial charge in [0.15, 0.2) is 0 Å². The molecule has 2 aromatic carbocycles. The number of hydrogen-bond acceptors (Lipinski definition) is 4. The van der Waals surface area contributed by atoms with Gasteiger partial charge in [0.1, 0.15) is 18.4 Å². The van der Waals surface area contributed by atoms with Crippen molar-refractivity contribution in [2.75, 3.05) is 18.6 Å². The molecule has 3 amide bonds. The van der Waals surface area contributed by atoms with Crippen molar-refractivity contribution in [2.24, 2.45) is 10.7 Å². The molecule has 0 fully saturated rings. The number of aliphatic imine (C=N–C) groups is 1. The van der Waals surface area contributed by atoms with Crippen molar-refractivity contribution >= 4 is 39.8 Å². The molecule has 7 nitrogen and oxygen atoms in total. The molecule has 29 heavy (non-hydrogen) atoms. The molecule has 8 heteroatoms. The molecule has 0 radical (unpaired) electrons. The number of hydrogen-bond donors (Lipinski definition) is 2. The van der Waals surface area contributed by atoms with Crippen LogP contribution in [0.5, 0.6) is 5.75 Å². The number of rotatable bonds is 4. The Balaban J connectivity index is 1.64. The number of ether oxygens (including phenoxy) is 1. The molecule has 0 aliphatic carbocycles. The van der Waals surface area contributed by atoms with E-state index in [2.05, 4.69) is 26.2 Å². The number of carbonyl (C=O) groups is 2. The second-order valence-corrected chi connectivity index (χ2v) is 7.40. The van der Waals surface area contributed by atoms with Gasteiger partial charge in [0.25, 0.3) is 5.91 Å². The lowest BCUT2D eigenvalue weighted by Crippen LogP contribution is -2.48. The Bertz CT molecular complexity index is 960. The molecule has 1 aliphatic heterocycles. The van der Waals surface area contributed by atoms with E-state index in [1.54, 1.807) is 19.2 Å². The van der Waals surface area contributed by atoms with Crippen LogP contribution in [0.2, 0.25) is 0 Å². The SMILES string of the molecule is CN1C(=O)[C@@H](NC(=O)/N=C/C(=C\N)Cc2ccccc2)COc2ccc(Br)cc21. The summed E-state index contributed by atoms with van der Waals surface area (Å²) >= 11 is 3.39. The van der Waals surface area contributed by atoms with Gasteiger partial charge in [-0.15, -0.1) is 0 Å². The van der Waals surface area contributed by atoms with Gasteiger partial charge >= 0.3 is 6.03 Å². The van der Waals surface area contributed by atoms with Crippen molar-refractivity contribution in [1.82, 2.24) is 5.32 Å². The molecule has 0 unspecified atom stereocenters. The third-order valence-corrected chi connectivity index (χ3v) is 4.92. The first-order valence-electron chi connectivity index (χ1n) is 8.97. The summed E-state index contributed by atoms with van der Waals surface area (Å²) < 4.78 is 6.53. The van der Waals surface area contributed by atoms with E-state index in [9.17, 15) is 9.59 Å². The quantitative estimate of drug-likeness (QED) is 0.690. The summed E-state index contributed by atoms with van der Waals surface area (Å²) in [6.45, 7) is 0.0165. The van der Waals surface area contributed by atoms with Crippen molar-refractivity contribution in [3.05, 3.63) is 70.3 Å². The standard InChI is InChI=1S/C21H21BrN4O3/c1-26-18-10-16(22)7-8-19(18)29-13-17(20(26)27)25-21(28)24-12-15(11-23)9-14-5-3-2-4-6-14/h2-8,10-12,17H,9,13,23H2,1H3,(H,25,28)/b15-11-,24-12+/t17-/m0/s1. The third kappa shape index (κ3) is 5.23. The number of nitrogens with zero attached hydrogens (tertiary/aromatic N) is 2. The maximum atomic E-state index is 12.7. The van der Waals surface area contributed by atoms with Gasteiger partial charge in [0.05, 0.1) is 5.69 Å². The molecule has 3 N–H and O–H groups in total. The fourth-order valence-electron chi connectivity index (χ4n) is 2.88. The minimum absolute atomic E-state index is 0.0165. The second-order valence-electron chi connectivity index (χ2n) is 6.48. The first kappa shape index (κ1) is 20.6. The fourth-order valence-corrected chi connectivity index (χ4v) is 3.23. The number of halogens is 1. The van der Waals surface area contributed by atoms with E-state index < -0.39 is 12.1 Å². The highest BCUT2D eigenvalue weighted by Crippen LogP contribution is 2.33. The summed E-state index contributed by atoms with van der Waals surface area (Å²) in [5.41, 5.74) is 8.00. The summed E-state index contributed by atoms with van der Waals surface area (Å²) in [6.07, 6.45) is 3.36. The highest BCUT2D eigenvalue weighted by atomic mass is 79.9. The van der Waals surface area contributed by atoms with E-state index in [-0.39, 0.29) is 12.5 Å². The molecule has 2 aromatic rings. The minimum Gasteiger partial charge on any atom is -0.489 e. The van der Waals surface area contributed by atoms with Crippen molar-refractivity contribution in [1.29, 1.82) is 0 Å². The van der Waals surface area contributed by atoms with Crippen LogP contribution in [-0.4, -0.2) is 37.8 Å². The highest BCUT2D eigenvalue weighted by molar-refractivity contribution is 9.10. The van der Waals surface area contributed by atoms with Gasteiger partial charge in [0, 0.05) is 24.2 Å². The Morgan fingerprint density at radius 2 is 2.10 bits per heavy atom. The van der Waals surface area contributed by atoms with E-state index >= 15 is 0 Å². The molecular formula is C21H21BrN4O3. The number of amides is 3. The Hall–Kier alpha value is -3.13. The van der Waals surface area contributed by atoms with Gasteiger partial charge < -0.3 is 20.7 Å². The Morgan fingerprint density at radius 1 is 1.34 bits per heavy atom. The fraction of sp³-hybridized carbons (Fsp3) is 0.190. The van der Waals surface area contributed by atoms with Crippen molar-refractivity contribution in [3.63, 3.8) is 0 Å². The van der Waals surface area contributed by atoms with E-state index in [0.29, 0.717) is 23.4 Å². The number of likely N-dealkylation sites (N-methyl/N-ethyl adjacent to an activating group) is 1. The van der Waals surface area contributed by atoms with Crippen LogP contribution in [0.1, 0.15) is 5.56 Å². The van der Waals surface area contributed by atoms with Gasteiger partial charge in [-0.3, -0.25) is 4.79 Å². The Morgan fingerprint density at radius 3 is 2.83 bits per heavy atom. The number of nitrogens with two attached hydrogens (primary N) is 1. The van der Waals surface area contributed by atoms with Gasteiger partial charge in [-0.25, -0.2) is 9.79 Å². The predicted molar refractivity (Wildman–Crippen MR) is 116 cm³/mol. The van der Waals surface area contributed by atoms with E-state index in [0.717, 1.165) is 10.0 Å². The molecule has 0 saturated heterocycles. The predicted octanol–water partition coefficient (Wildman–Crippen LogP) is 3.04.